The zero-order chi connectivity index (χ0) is 103. The van der Waals surface area contributed by atoms with E-state index in [4.69, 9.17) is 22.3 Å². The predicted octanol–water partition coefficient (Wildman–Crippen LogP) is -2.79. The summed E-state index contributed by atoms with van der Waals surface area (Å²) in [5.74, 6) is -6.47. The molecule has 3 amide bonds. The van der Waals surface area contributed by atoms with Crippen LogP contribution in [0.2, 0.25) is 92.0 Å². The first-order chi connectivity index (χ1) is 64.7. The van der Waals surface area contributed by atoms with Gasteiger partial charge in [-0.1, -0.05) is 107 Å². The Bertz CT molecular complexity index is 3920. The Balaban J connectivity index is 0.000000198. The van der Waals surface area contributed by atoms with Gasteiger partial charge in [0, 0.05) is 110 Å². The van der Waals surface area contributed by atoms with Crippen molar-refractivity contribution in [3.8, 4) is 0 Å². The third-order valence-corrected chi connectivity index (χ3v) is 34.3. The van der Waals surface area contributed by atoms with Crippen molar-refractivity contribution >= 4 is 108 Å². The molecule has 14 rings (SSSR count). The predicted molar refractivity (Wildman–Crippen MR) is 530 cm³/mol. The van der Waals surface area contributed by atoms with E-state index in [1.54, 1.807) is 64.5 Å². The largest absolute Gasteiger partial charge is 0.480 e. The number of aliphatic hydroxyl groups excluding tert-OH is 1. The fourth-order valence-corrected chi connectivity index (χ4v) is 26.5. The van der Waals surface area contributed by atoms with Gasteiger partial charge in [0.15, 0.2) is 0 Å². The van der Waals surface area contributed by atoms with Crippen LogP contribution < -0.4 is 70.4 Å². The van der Waals surface area contributed by atoms with Gasteiger partial charge in [-0.15, -0.1) is 0 Å². The topological polar surface area (TPSA) is 685 Å². The lowest BCUT2D eigenvalue weighted by Gasteiger charge is -2.36. The van der Waals surface area contributed by atoms with Crippen molar-refractivity contribution in [1.29, 1.82) is 0 Å². The maximum atomic E-state index is 12.6. The number of fused-ring (bicyclic) bond motifs is 7. The highest BCUT2D eigenvalue weighted by Crippen LogP contribution is 2.56. The lowest BCUT2D eigenvalue weighted by molar-refractivity contribution is -0.148. The molecule has 0 bridgehead atoms. The van der Waals surface area contributed by atoms with Gasteiger partial charge in [-0.25, -0.2) is 0 Å². The van der Waals surface area contributed by atoms with Crippen LogP contribution in [0.25, 0.3) is 0 Å². The SMILES string of the molecule is CB(O)CCCC12CCNC1(C(=O)O)CN(C)C2.CB(O)CCCC12CCNC1(C(=O)O)CNC2.CB(O)CCC[C@@]12CCN[C@]1(C(=O)O)CNC2.CB(O)CCC[C@]12CCN[C@@]1(C(=O)O)CN(C(=O)[C@@H](N)C(C)C)C2.CB(O)CCC[C@]12CCN[C@@]1(C(=O)O)CN(C(=O)[C@@H](N)CO)C2.CB(O)CCC[C@]12CCN[C@@]1(C(=O)O)CN(C(=O)[C@H](C)N)C2.CB(O)CCC[C@]12CCN[C@@]1(C(=O)O)CNC2. The Kier molecular flexibility index (Phi) is 41.7. The Morgan fingerprint density at radius 1 is 0.297 bits per heavy atom. The molecule has 4 unspecified atom stereocenters. The van der Waals surface area contributed by atoms with Crippen molar-refractivity contribution in [1.82, 2.24) is 72.8 Å². The number of carbonyl (C=O) groups excluding carboxylic acids is 3. The summed E-state index contributed by atoms with van der Waals surface area (Å²) >= 11 is 0. The Hall–Kier alpha value is -5.73. The summed E-state index contributed by atoms with van der Waals surface area (Å²) in [5.41, 5.74) is 8.59. The molecule has 780 valence electrons. The average molecular weight is 1950 g/mol. The van der Waals surface area contributed by atoms with Gasteiger partial charge >= 0.3 is 41.8 Å². The minimum absolute atomic E-state index is 0.0119. The fourth-order valence-electron chi connectivity index (χ4n) is 26.5. The molecule has 14 aliphatic heterocycles. The fraction of sp³-hybridized carbons (Fsp3) is 0.888. The molecule has 0 radical (unpaired) electrons. The highest BCUT2D eigenvalue weighted by molar-refractivity contribution is 6.50. The van der Waals surface area contributed by atoms with Crippen molar-refractivity contribution in [3.05, 3.63) is 0 Å². The molecule has 0 saturated carbocycles. The second kappa shape index (κ2) is 49.0. The van der Waals surface area contributed by atoms with E-state index in [0.717, 1.165) is 180 Å². The lowest BCUT2D eigenvalue weighted by atomic mass is 9.63. The number of carboxylic acids is 7. The number of hydrogen-bond donors (Lipinski definition) is 28. The van der Waals surface area contributed by atoms with Gasteiger partial charge in [-0.05, 0) is 200 Å². The minimum atomic E-state index is -1.17. The van der Waals surface area contributed by atoms with Crippen LogP contribution in [0.4, 0.5) is 0 Å². The van der Waals surface area contributed by atoms with E-state index >= 15 is 0 Å². The molecule has 0 aliphatic carbocycles. The molecule has 0 aromatic heterocycles. The lowest BCUT2D eigenvalue weighted by Crippen LogP contribution is -2.58. The average Bonchev–Trinajstić information content (AvgIpc) is 1.55. The van der Waals surface area contributed by atoms with Crippen molar-refractivity contribution in [3.63, 3.8) is 0 Å². The molecule has 138 heavy (non-hydrogen) atoms. The van der Waals surface area contributed by atoms with E-state index in [1.807, 2.05) is 20.9 Å². The molecule has 0 aromatic carbocycles. The van der Waals surface area contributed by atoms with Crippen molar-refractivity contribution in [2.75, 3.05) is 151 Å². The third-order valence-electron chi connectivity index (χ3n) is 34.3. The van der Waals surface area contributed by atoms with Crippen LogP contribution in [0.15, 0.2) is 0 Å². The molecule has 14 fully saturated rings. The van der Waals surface area contributed by atoms with Gasteiger partial charge in [0.1, 0.15) is 44.8 Å². The number of carbonyl (C=O) groups is 10. The number of likely N-dealkylation sites (tertiary alicyclic amines) is 4. The molecule has 14 saturated heterocycles. The van der Waals surface area contributed by atoms with Crippen LogP contribution in [-0.4, -0.2) is 412 Å². The normalized spacial score (nSPS) is 33.5. The standard InChI is InChI=1S/C16H30BN3O4.C14H26BN3O5.C14H26BN3O4.C12H23BN2O3.3C11H21BN2O3/c1-11(2)12(18)13(21)20-9-15(5-4-7-17(3)24)6-8-19-16(15,10-20)14(22)23;1-15(23)5-2-3-13-4-6-17-14(13,12(21)22)9-18(8-13)11(20)10(16)7-19;1-10(16)11(19)18-8-13(4-3-6-15(2)22)5-7-17-14(13,9-18)12(20)21;1-13(18)6-3-4-11-5-7-14-12(11,10(16)17)9-15(2)8-11;3*1-12(17)5-2-3-10-4-6-14-11(10,9(15)16)8-13-7-10/h11-12,19,24H,4-10,18H2,1-3H3,(H,22,23);10,17,19,23H,2-9,16H2,1H3,(H,21,22);10,17,22H,3-9,16H2,1-2H3,(H,20,21);14,18H,3-9H2,1-2H3,(H,16,17);3*13-14,17H,2-8H2,1H3,(H,15,16)/t12-,15+,16+;2*10-,13+,14+;;2*10-,11-;/m000.10./s1. The van der Waals surface area contributed by atoms with E-state index in [-0.39, 0.29) is 86.7 Å². The van der Waals surface area contributed by atoms with Gasteiger partial charge in [-0.3, -0.25) is 63.9 Å². The summed E-state index contributed by atoms with van der Waals surface area (Å²) < 4.78 is 0. The molecular formula is C89H168B7N17O25. The summed E-state index contributed by atoms with van der Waals surface area (Å²) in [7, 11) is 1.99. The van der Waals surface area contributed by atoms with Gasteiger partial charge < -0.3 is 150 Å². The van der Waals surface area contributed by atoms with Crippen LogP contribution >= 0.6 is 0 Å². The van der Waals surface area contributed by atoms with Gasteiger partial charge in [-0.2, -0.15) is 0 Å². The number of amides is 3. The van der Waals surface area contributed by atoms with Gasteiger partial charge in [0.2, 0.25) is 17.7 Å². The molecule has 14 heterocycles. The molecule has 0 spiro atoms. The summed E-state index contributed by atoms with van der Waals surface area (Å²) in [6.07, 6.45) is 21.8. The quantitative estimate of drug-likeness (QED) is 0.0276. The van der Waals surface area contributed by atoms with E-state index in [1.165, 1.54) is 4.90 Å². The number of aliphatic carboxylic acids is 7. The minimum Gasteiger partial charge on any atom is -0.480 e. The maximum Gasteiger partial charge on any atom is 0.326 e. The molecule has 0 aromatic rings. The van der Waals surface area contributed by atoms with Crippen LogP contribution in [0.5, 0.6) is 0 Å². The number of aliphatic hydroxyl groups is 1. The monoisotopic (exact) mass is 1950 g/mol. The second-order valence-electron chi connectivity index (χ2n) is 44.3. The van der Waals surface area contributed by atoms with E-state index < -0.39 is 148 Å². The molecule has 42 nitrogen and oxygen atoms in total. The van der Waals surface area contributed by atoms with Crippen LogP contribution in [-0.2, 0) is 47.9 Å². The smallest absolute Gasteiger partial charge is 0.326 e. The highest BCUT2D eigenvalue weighted by Gasteiger charge is 2.71. The van der Waals surface area contributed by atoms with Gasteiger partial charge in [0.05, 0.1) is 38.3 Å². The first-order valence-electron chi connectivity index (χ1n) is 50.9. The summed E-state index contributed by atoms with van der Waals surface area (Å²) in [4.78, 5) is 126. The van der Waals surface area contributed by atoms with E-state index in [0.29, 0.717) is 117 Å². The molecule has 14 aliphatic rings. The number of hydrogen-bond acceptors (Lipinski definition) is 32. The zero-order valence-corrected chi connectivity index (χ0v) is 84.0. The Labute approximate surface area is 817 Å². The maximum absolute atomic E-state index is 12.6. The van der Waals surface area contributed by atoms with Gasteiger partial charge in [0.25, 0.3) is 48.4 Å². The van der Waals surface area contributed by atoms with Crippen LogP contribution in [0, 0.1) is 43.8 Å². The van der Waals surface area contributed by atoms with Crippen molar-refractivity contribution < 1.29 is 124 Å². The number of rotatable bonds is 40. The number of nitrogens with zero attached hydrogens (tertiary/aromatic N) is 4. The number of nitrogens with two attached hydrogens (primary N) is 3. The van der Waals surface area contributed by atoms with Crippen molar-refractivity contribution in [2.45, 2.75) is 305 Å². The van der Waals surface area contributed by atoms with E-state index in [2.05, 4.69) is 58.1 Å². The van der Waals surface area contributed by atoms with Crippen LogP contribution in [0.1, 0.15) is 156 Å². The molecule has 49 heteroatoms. The Morgan fingerprint density at radius 2 is 0.507 bits per heavy atom. The highest BCUT2D eigenvalue weighted by atomic mass is 16.4. The number of likely N-dealkylation sites (N-methyl/N-ethyl adjacent to an activating group) is 1. The second-order valence-corrected chi connectivity index (χ2v) is 44.3. The van der Waals surface area contributed by atoms with Crippen molar-refractivity contribution in [2.24, 2.45) is 61.0 Å². The molecular weight excluding hydrogens is 1780 g/mol. The molecule has 31 N–H and O–H groups in total. The third kappa shape index (κ3) is 24.5. The summed E-state index contributed by atoms with van der Waals surface area (Å²) in [6.45, 7) is 26.6. The number of carboxylic acid groups (broad SMARTS) is 7. The summed E-state index contributed by atoms with van der Waals surface area (Å²) in [5, 5.41) is 174. The first-order valence-corrected chi connectivity index (χ1v) is 50.9. The van der Waals surface area contributed by atoms with E-state index in [9.17, 15) is 119 Å². The van der Waals surface area contributed by atoms with Crippen LogP contribution in [0.3, 0.4) is 0 Å². The molecule has 17 atom stereocenters. The zero-order valence-electron chi connectivity index (χ0n) is 84.0. The first kappa shape index (κ1) is 118. The Morgan fingerprint density at radius 3 is 0.732 bits per heavy atom. The summed E-state index contributed by atoms with van der Waals surface area (Å²) in [6, 6.07) is -2.25. The number of nitrogens with one attached hydrogen (secondary N) is 10.